The fourth-order valence-electron chi connectivity index (χ4n) is 3.97. The summed E-state index contributed by atoms with van der Waals surface area (Å²) >= 11 is 2.30. The maximum absolute atomic E-state index is 12.5. The fourth-order valence-corrected chi connectivity index (χ4v) is 6.54. The van der Waals surface area contributed by atoms with Crippen LogP contribution in [0.3, 0.4) is 0 Å². The molecule has 5 rings (SSSR count). The molecule has 1 aromatic carbocycles. The number of rotatable bonds is 8. The van der Waals surface area contributed by atoms with Crippen molar-refractivity contribution in [3.05, 3.63) is 42.6 Å². The van der Waals surface area contributed by atoms with Crippen LogP contribution in [0.1, 0.15) is 32.5 Å². The Balaban J connectivity index is 0.00000164. The van der Waals surface area contributed by atoms with E-state index < -0.39 is 11.0 Å². The van der Waals surface area contributed by atoms with Crippen LogP contribution in [0, 0.1) is 12.8 Å². The van der Waals surface area contributed by atoms with E-state index in [1.807, 2.05) is 61.0 Å². The van der Waals surface area contributed by atoms with Crippen molar-refractivity contribution in [2.45, 2.75) is 33.6 Å². The molecule has 1 fully saturated rings. The maximum Gasteiger partial charge on any atom is 0.228 e. The monoisotopic (exact) mass is 666 g/mol. The first-order valence-electron chi connectivity index (χ1n) is 12.3. The van der Waals surface area contributed by atoms with Crippen molar-refractivity contribution in [1.82, 2.24) is 23.9 Å². The first-order chi connectivity index (χ1) is 18.3. The SMILES string of the molecule is CC.Cc1nc2c(Nc3ccc(-c4cncn4C)cc3N(C)S(C)=O)cc(NC(=O)C3CC3)nc2n1PI. The quantitative estimate of drug-likeness (QED) is 0.182. The lowest BCUT2D eigenvalue weighted by Gasteiger charge is -2.22. The molecule has 1 aliphatic rings. The summed E-state index contributed by atoms with van der Waals surface area (Å²) in [5, 5.41) is 6.47. The van der Waals surface area contributed by atoms with Crippen molar-refractivity contribution in [1.29, 1.82) is 0 Å². The van der Waals surface area contributed by atoms with Gasteiger partial charge in [0.05, 0.1) is 41.7 Å². The molecule has 0 saturated heterocycles. The van der Waals surface area contributed by atoms with E-state index in [-0.39, 0.29) is 11.8 Å². The molecule has 38 heavy (non-hydrogen) atoms. The summed E-state index contributed by atoms with van der Waals surface area (Å²) in [5.74, 6) is 1.39. The maximum atomic E-state index is 12.5. The van der Waals surface area contributed by atoms with Crippen LogP contribution in [-0.2, 0) is 22.8 Å². The number of aryl methyl sites for hydroxylation is 2. The number of anilines is 4. The molecule has 3 heterocycles. The minimum atomic E-state index is -1.25. The minimum absolute atomic E-state index is 0.00478. The molecule has 4 aromatic rings. The highest BCUT2D eigenvalue weighted by molar-refractivity contribution is 14.2. The number of carbonyl (C=O) groups excluding carboxylic acids is 1. The van der Waals surface area contributed by atoms with Crippen LogP contribution in [0.4, 0.5) is 22.9 Å². The zero-order chi connectivity index (χ0) is 27.6. The normalized spacial score (nSPS) is 13.9. The number of hydrogen-bond donors (Lipinski definition) is 2. The van der Waals surface area contributed by atoms with Gasteiger partial charge >= 0.3 is 0 Å². The number of benzene rings is 1. The van der Waals surface area contributed by atoms with Gasteiger partial charge in [-0.2, -0.15) is 0 Å². The second-order valence-electron chi connectivity index (χ2n) is 8.74. The molecule has 10 nitrogen and oxygen atoms in total. The van der Waals surface area contributed by atoms with Gasteiger partial charge in [0.1, 0.15) is 28.1 Å². The predicted octanol–water partition coefficient (Wildman–Crippen LogP) is 5.78. The van der Waals surface area contributed by atoms with Gasteiger partial charge in [-0.05, 0) is 53.9 Å². The Kier molecular flexibility index (Phi) is 9.04. The largest absolute Gasteiger partial charge is 0.352 e. The van der Waals surface area contributed by atoms with E-state index in [2.05, 4.69) is 37.7 Å². The van der Waals surface area contributed by atoms with Crippen molar-refractivity contribution in [2.24, 2.45) is 13.0 Å². The highest BCUT2D eigenvalue weighted by atomic mass is 127. The topological polar surface area (TPSA) is 110 Å². The Labute approximate surface area is 239 Å². The molecule has 1 amide bonds. The number of carbonyl (C=O) groups is 1. The number of aromatic nitrogens is 5. The third kappa shape index (κ3) is 5.86. The van der Waals surface area contributed by atoms with Crippen molar-refractivity contribution in [3.63, 3.8) is 0 Å². The first kappa shape index (κ1) is 28.4. The second-order valence-corrected chi connectivity index (χ2v) is 12.2. The zero-order valence-electron chi connectivity index (χ0n) is 22.2. The number of fused-ring (bicyclic) bond motifs is 1. The summed E-state index contributed by atoms with van der Waals surface area (Å²) in [7, 11) is 2.49. The van der Waals surface area contributed by atoms with E-state index in [4.69, 9.17) is 9.97 Å². The third-order valence-corrected chi connectivity index (χ3v) is 9.29. The zero-order valence-corrected chi connectivity index (χ0v) is 26.2. The van der Waals surface area contributed by atoms with Crippen molar-refractivity contribution in [2.75, 3.05) is 28.2 Å². The lowest BCUT2D eigenvalue weighted by Crippen LogP contribution is -2.20. The number of nitrogens with zero attached hydrogens (tertiary/aromatic N) is 6. The standard InChI is InChI=1S/C23H26IN8O2PS.C2H6/c1-13-26-21-17(10-20(28-22(21)32(13)35-24)29-23(33)14-5-6-14)27-16-8-7-15(19-11-25-12-30(19)2)9-18(16)31(3)36(4)34;1-2/h7-12,14,35H,5-6H2,1-4H3,(H2,27,28,29,33);1-2H3. The summed E-state index contributed by atoms with van der Waals surface area (Å²) in [6.07, 6.45) is 7.43. The molecule has 0 bridgehead atoms. The van der Waals surface area contributed by atoms with Crippen LogP contribution in [0.15, 0.2) is 36.8 Å². The highest BCUT2D eigenvalue weighted by Crippen LogP contribution is 2.39. The summed E-state index contributed by atoms with van der Waals surface area (Å²) in [4.78, 5) is 26.2. The molecule has 13 heteroatoms. The average molecular weight is 667 g/mol. The van der Waals surface area contributed by atoms with Gasteiger partial charge in [-0.15, -0.1) is 0 Å². The number of hydrogen-bond acceptors (Lipinski definition) is 6. The Hall–Kier alpha value is -2.57. The molecule has 1 aliphatic carbocycles. The molecular formula is C25H32IN8O2PS. The Bertz CT molecular complexity index is 1500. The molecule has 0 radical (unpaired) electrons. The minimum Gasteiger partial charge on any atom is -0.352 e. The van der Waals surface area contributed by atoms with E-state index in [0.717, 1.165) is 41.3 Å². The van der Waals surface area contributed by atoms with Gasteiger partial charge in [0.25, 0.3) is 0 Å². The summed E-state index contributed by atoms with van der Waals surface area (Å²) in [6.45, 7) is 5.95. The number of amides is 1. The molecule has 2 atom stereocenters. The second kappa shape index (κ2) is 12.1. The predicted molar refractivity (Wildman–Crippen MR) is 167 cm³/mol. The molecule has 2 N–H and O–H groups in total. The van der Waals surface area contributed by atoms with E-state index in [1.165, 1.54) is 0 Å². The number of imidazole rings is 2. The van der Waals surface area contributed by atoms with E-state index in [1.54, 1.807) is 30.1 Å². The van der Waals surface area contributed by atoms with Crippen LogP contribution in [0.25, 0.3) is 22.4 Å². The molecule has 3 aromatic heterocycles. The van der Waals surface area contributed by atoms with Gasteiger partial charge in [0, 0.05) is 37.9 Å². The molecule has 0 spiro atoms. The van der Waals surface area contributed by atoms with Gasteiger partial charge in [0.2, 0.25) is 5.91 Å². The Morgan fingerprint density at radius 1 is 1.21 bits per heavy atom. The summed E-state index contributed by atoms with van der Waals surface area (Å²) < 4.78 is 18.2. The molecule has 202 valence electrons. The molecule has 1 saturated carbocycles. The van der Waals surface area contributed by atoms with Crippen molar-refractivity contribution < 1.29 is 9.00 Å². The van der Waals surface area contributed by atoms with Gasteiger partial charge in [-0.1, -0.05) is 19.9 Å². The lowest BCUT2D eigenvalue weighted by atomic mass is 10.1. The van der Waals surface area contributed by atoms with Gasteiger partial charge in [-0.3, -0.25) is 13.4 Å². The highest BCUT2D eigenvalue weighted by Gasteiger charge is 2.30. The van der Waals surface area contributed by atoms with Gasteiger partial charge < -0.3 is 15.2 Å². The van der Waals surface area contributed by atoms with E-state index in [9.17, 15) is 9.00 Å². The van der Waals surface area contributed by atoms with Crippen LogP contribution >= 0.6 is 28.4 Å². The number of halogens is 1. The summed E-state index contributed by atoms with van der Waals surface area (Å²) in [5.41, 5.74) is 5.56. The van der Waals surface area contributed by atoms with Gasteiger partial charge in [0.15, 0.2) is 5.65 Å². The smallest absolute Gasteiger partial charge is 0.228 e. The fraction of sp³-hybridized carbons (Fsp3) is 0.360. The van der Waals surface area contributed by atoms with E-state index >= 15 is 0 Å². The van der Waals surface area contributed by atoms with Crippen LogP contribution in [-0.4, -0.2) is 47.3 Å². The first-order valence-corrected chi connectivity index (χ1v) is 17.9. The van der Waals surface area contributed by atoms with Crippen LogP contribution in [0.5, 0.6) is 0 Å². The molecular weight excluding hydrogens is 634 g/mol. The number of nitrogens with one attached hydrogen (secondary N) is 2. The number of pyridine rings is 1. The van der Waals surface area contributed by atoms with Gasteiger partial charge in [-0.25, -0.2) is 19.2 Å². The Morgan fingerprint density at radius 3 is 2.55 bits per heavy atom. The van der Waals surface area contributed by atoms with Crippen LogP contribution < -0.4 is 14.9 Å². The Morgan fingerprint density at radius 2 is 1.95 bits per heavy atom. The summed E-state index contributed by atoms with van der Waals surface area (Å²) in [6, 6.07) is 7.77. The van der Waals surface area contributed by atoms with Crippen LogP contribution in [0.2, 0.25) is 0 Å². The third-order valence-electron chi connectivity index (χ3n) is 6.17. The van der Waals surface area contributed by atoms with Crippen molar-refractivity contribution in [3.8, 4) is 11.3 Å². The van der Waals surface area contributed by atoms with E-state index in [0.29, 0.717) is 29.0 Å². The average Bonchev–Trinajstić information content (AvgIpc) is 3.60. The lowest BCUT2D eigenvalue weighted by molar-refractivity contribution is -0.117. The van der Waals surface area contributed by atoms with Crippen molar-refractivity contribution >= 4 is 79.4 Å². The molecule has 0 aliphatic heterocycles. The molecule has 2 unspecified atom stereocenters.